The Balaban J connectivity index is 1.84. The Morgan fingerprint density at radius 3 is 3.10 bits per heavy atom. The Bertz CT molecular complexity index is 655. The zero-order chi connectivity index (χ0) is 14.8. The predicted molar refractivity (Wildman–Crippen MR) is 72.6 cm³/mol. The van der Waals surface area contributed by atoms with E-state index in [4.69, 9.17) is 4.63 Å². The van der Waals surface area contributed by atoms with Crippen molar-refractivity contribution in [3.8, 4) is 0 Å². The molecule has 0 spiro atoms. The maximum absolute atomic E-state index is 11.3. The van der Waals surface area contributed by atoms with Crippen LogP contribution in [0.1, 0.15) is 46.3 Å². The van der Waals surface area contributed by atoms with Crippen LogP contribution in [0.4, 0.5) is 0 Å². The van der Waals surface area contributed by atoms with E-state index < -0.39 is 5.97 Å². The first-order valence-corrected chi connectivity index (χ1v) is 6.87. The Morgan fingerprint density at radius 1 is 1.52 bits per heavy atom. The fraction of sp³-hybridized carbons (Fsp3) is 0.429. The second-order valence-electron chi connectivity index (χ2n) is 5.17. The molecule has 1 N–H and O–H groups in total. The molecule has 21 heavy (non-hydrogen) atoms. The monoisotopic (exact) mass is 288 g/mol. The van der Waals surface area contributed by atoms with Gasteiger partial charge in [0.1, 0.15) is 11.4 Å². The molecule has 0 saturated carbocycles. The zero-order valence-electron chi connectivity index (χ0n) is 11.7. The van der Waals surface area contributed by atoms with Gasteiger partial charge < -0.3 is 5.11 Å². The lowest BCUT2D eigenvalue weighted by molar-refractivity contribution is 0.0693. The molecule has 1 aliphatic heterocycles. The Labute approximate surface area is 121 Å². The number of carbonyl (C=O) groups is 1. The number of likely N-dealkylation sites (tertiary alicyclic amines) is 1. The van der Waals surface area contributed by atoms with Crippen molar-refractivity contribution in [1.29, 1.82) is 0 Å². The first-order chi connectivity index (χ1) is 10.2. The van der Waals surface area contributed by atoms with Gasteiger partial charge in [-0.3, -0.25) is 9.88 Å². The molecule has 0 radical (unpaired) electrons. The fourth-order valence-corrected chi connectivity index (χ4v) is 2.82. The number of hydrogen-bond donors (Lipinski definition) is 1. The highest BCUT2D eigenvalue weighted by Gasteiger charge is 2.31. The van der Waals surface area contributed by atoms with E-state index in [1.165, 1.54) is 0 Å². The number of aryl methyl sites for hydroxylation is 1. The van der Waals surface area contributed by atoms with Crippen LogP contribution in [-0.2, 0) is 6.54 Å². The van der Waals surface area contributed by atoms with Crippen molar-refractivity contribution in [2.24, 2.45) is 0 Å². The van der Waals surface area contributed by atoms with Crippen LogP contribution in [0, 0.1) is 6.92 Å². The minimum atomic E-state index is -0.951. The number of aromatic carboxylic acids is 1. The molecule has 3 heterocycles. The van der Waals surface area contributed by atoms with E-state index in [0.717, 1.165) is 30.8 Å². The minimum Gasteiger partial charge on any atom is -0.478 e. The fourth-order valence-electron chi connectivity index (χ4n) is 2.82. The first-order valence-electron chi connectivity index (χ1n) is 6.87. The van der Waals surface area contributed by atoms with Crippen molar-refractivity contribution in [3.05, 3.63) is 41.0 Å². The molecule has 0 aromatic carbocycles. The van der Waals surface area contributed by atoms with Gasteiger partial charge in [0.25, 0.3) is 0 Å². The Hall–Kier alpha value is -2.28. The van der Waals surface area contributed by atoms with Gasteiger partial charge in [0.2, 0.25) is 0 Å². The molecule has 1 saturated heterocycles. The van der Waals surface area contributed by atoms with Crippen LogP contribution in [0.25, 0.3) is 0 Å². The summed E-state index contributed by atoms with van der Waals surface area (Å²) < 4.78 is 4.78. The summed E-state index contributed by atoms with van der Waals surface area (Å²) in [6.07, 6.45) is 3.62. The first kappa shape index (κ1) is 13.7. The molecule has 110 valence electrons. The van der Waals surface area contributed by atoms with Gasteiger partial charge in [-0.15, -0.1) is 0 Å². The molecule has 1 aliphatic rings. The van der Waals surface area contributed by atoms with E-state index in [1.54, 1.807) is 18.3 Å². The summed E-state index contributed by atoms with van der Waals surface area (Å²) in [4.78, 5) is 17.7. The standard InChI is InChI=1S/C14H16N4O3/c1-9-13(17-21-16-9)12-5-3-7-18(12)8-11-10(14(19)20)4-2-6-15-11/h2,4,6,12H,3,5,7-8H2,1H3,(H,19,20). The summed E-state index contributed by atoms with van der Waals surface area (Å²) in [6.45, 7) is 3.23. The number of rotatable bonds is 4. The van der Waals surface area contributed by atoms with E-state index >= 15 is 0 Å². The molecule has 1 fully saturated rings. The van der Waals surface area contributed by atoms with Crippen LogP contribution in [0.15, 0.2) is 23.0 Å². The third kappa shape index (κ3) is 2.64. The van der Waals surface area contributed by atoms with Crippen molar-refractivity contribution in [3.63, 3.8) is 0 Å². The van der Waals surface area contributed by atoms with E-state index in [0.29, 0.717) is 12.2 Å². The molecule has 0 amide bonds. The zero-order valence-corrected chi connectivity index (χ0v) is 11.7. The highest BCUT2D eigenvalue weighted by atomic mass is 16.6. The average Bonchev–Trinajstić information content (AvgIpc) is 3.08. The van der Waals surface area contributed by atoms with Gasteiger partial charge in [-0.05, 0) is 38.4 Å². The van der Waals surface area contributed by atoms with Crippen molar-refractivity contribution in [1.82, 2.24) is 20.2 Å². The quantitative estimate of drug-likeness (QED) is 0.917. The van der Waals surface area contributed by atoms with Crippen LogP contribution in [0.2, 0.25) is 0 Å². The molecular weight excluding hydrogens is 272 g/mol. The second-order valence-corrected chi connectivity index (χ2v) is 5.17. The Morgan fingerprint density at radius 2 is 2.38 bits per heavy atom. The van der Waals surface area contributed by atoms with Crippen molar-refractivity contribution >= 4 is 5.97 Å². The van der Waals surface area contributed by atoms with Crippen molar-refractivity contribution in [2.45, 2.75) is 32.4 Å². The highest BCUT2D eigenvalue weighted by Crippen LogP contribution is 2.33. The minimum absolute atomic E-state index is 0.111. The van der Waals surface area contributed by atoms with Crippen molar-refractivity contribution in [2.75, 3.05) is 6.54 Å². The summed E-state index contributed by atoms with van der Waals surface area (Å²) in [5.41, 5.74) is 2.44. The van der Waals surface area contributed by atoms with E-state index in [2.05, 4.69) is 20.2 Å². The largest absolute Gasteiger partial charge is 0.478 e. The molecule has 0 aliphatic carbocycles. The van der Waals surface area contributed by atoms with Gasteiger partial charge >= 0.3 is 5.97 Å². The summed E-state index contributed by atoms with van der Waals surface area (Å²) in [5.74, 6) is -0.951. The molecule has 3 rings (SSSR count). The lowest BCUT2D eigenvalue weighted by atomic mass is 10.1. The molecule has 2 aromatic rings. The number of aromatic nitrogens is 3. The van der Waals surface area contributed by atoms with Gasteiger partial charge in [-0.1, -0.05) is 10.3 Å². The Kier molecular flexibility index (Phi) is 3.66. The second kappa shape index (κ2) is 5.61. The smallest absolute Gasteiger partial charge is 0.337 e. The molecule has 0 bridgehead atoms. The molecule has 7 nitrogen and oxygen atoms in total. The normalized spacial score (nSPS) is 19.0. The lowest BCUT2D eigenvalue weighted by Gasteiger charge is -2.22. The van der Waals surface area contributed by atoms with Crippen LogP contribution < -0.4 is 0 Å². The van der Waals surface area contributed by atoms with Gasteiger partial charge in [0, 0.05) is 12.7 Å². The summed E-state index contributed by atoms with van der Waals surface area (Å²) in [6, 6.07) is 3.33. The maximum Gasteiger partial charge on any atom is 0.337 e. The van der Waals surface area contributed by atoms with Gasteiger partial charge in [0.05, 0.1) is 17.3 Å². The average molecular weight is 288 g/mol. The van der Waals surface area contributed by atoms with Crippen LogP contribution in [0.3, 0.4) is 0 Å². The van der Waals surface area contributed by atoms with Crippen LogP contribution >= 0.6 is 0 Å². The molecule has 1 unspecified atom stereocenters. The summed E-state index contributed by atoms with van der Waals surface area (Å²) >= 11 is 0. The maximum atomic E-state index is 11.3. The third-order valence-electron chi connectivity index (χ3n) is 3.84. The summed E-state index contributed by atoms with van der Waals surface area (Å²) in [7, 11) is 0. The van der Waals surface area contributed by atoms with Crippen LogP contribution in [0.5, 0.6) is 0 Å². The van der Waals surface area contributed by atoms with E-state index in [1.807, 2.05) is 6.92 Å². The number of carboxylic acids is 1. The van der Waals surface area contributed by atoms with Gasteiger partial charge in [-0.2, -0.15) is 0 Å². The molecule has 7 heteroatoms. The highest BCUT2D eigenvalue weighted by molar-refractivity contribution is 5.88. The van der Waals surface area contributed by atoms with Gasteiger partial charge in [0.15, 0.2) is 0 Å². The number of carboxylic acid groups (broad SMARTS) is 1. The van der Waals surface area contributed by atoms with Crippen LogP contribution in [-0.4, -0.2) is 37.8 Å². The molecule has 1 atom stereocenters. The van der Waals surface area contributed by atoms with Gasteiger partial charge in [-0.25, -0.2) is 9.42 Å². The van der Waals surface area contributed by atoms with E-state index in [-0.39, 0.29) is 11.6 Å². The molecular formula is C14H16N4O3. The number of nitrogens with zero attached hydrogens (tertiary/aromatic N) is 4. The SMILES string of the molecule is Cc1nonc1C1CCCN1Cc1ncccc1C(=O)O. The topological polar surface area (TPSA) is 92.4 Å². The summed E-state index contributed by atoms with van der Waals surface area (Å²) in [5, 5.41) is 17.0. The number of hydrogen-bond acceptors (Lipinski definition) is 6. The third-order valence-corrected chi connectivity index (χ3v) is 3.84. The lowest BCUT2D eigenvalue weighted by Crippen LogP contribution is -2.25. The van der Waals surface area contributed by atoms with E-state index in [9.17, 15) is 9.90 Å². The predicted octanol–water partition coefficient (Wildman–Crippen LogP) is 1.81. The van der Waals surface area contributed by atoms with Crippen molar-refractivity contribution < 1.29 is 14.5 Å². The number of pyridine rings is 1. The molecule has 2 aromatic heterocycles.